The van der Waals surface area contributed by atoms with E-state index < -0.39 is 11.0 Å². The zero-order valence-electron chi connectivity index (χ0n) is 29.1. The van der Waals surface area contributed by atoms with Crippen molar-refractivity contribution in [2.75, 3.05) is 4.90 Å². The van der Waals surface area contributed by atoms with E-state index >= 15 is 0 Å². The first-order valence-corrected chi connectivity index (χ1v) is 18.1. The summed E-state index contributed by atoms with van der Waals surface area (Å²) in [6, 6.07) is 38.1. The third-order valence-corrected chi connectivity index (χ3v) is 10.5. The molecule has 3 N–H and O–H groups in total. The van der Waals surface area contributed by atoms with Crippen molar-refractivity contribution >= 4 is 45.0 Å². The molecule has 0 spiro atoms. The molecule has 53 heavy (non-hydrogen) atoms. The van der Waals surface area contributed by atoms with Crippen LogP contribution >= 0.6 is 0 Å². The second-order valence-corrected chi connectivity index (χ2v) is 13.7. The number of fused-ring (bicyclic) bond motifs is 2. The molecule has 264 valence electrons. The van der Waals surface area contributed by atoms with Gasteiger partial charge in [-0.2, -0.15) is 0 Å². The smallest absolute Gasteiger partial charge is 0.269 e. The summed E-state index contributed by atoms with van der Waals surface area (Å²) in [4.78, 5) is 48.7. The van der Waals surface area contributed by atoms with Crippen LogP contribution in [0.1, 0.15) is 76.7 Å². The molecule has 0 radical (unpaired) electrons. The Morgan fingerprint density at radius 3 is 1.81 bits per heavy atom. The van der Waals surface area contributed by atoms with Crippen LogP contribution in [0.3, 0.4) is 0 Å². The number of hydrogen-bond acceptors (Lipinski definition) is 4. The van der Waals surface area contributed by atoms with Crippen LogP contribution in [0.25, 0.3) is 21.8 Å². The number of amides is 2. The van der Waals surface area contributed by atoms with Gasteiger partial charge >= 0.3 is 0 Å². The van der Waals surface area contributed by atoms with Gasteiger partial charge < -0.3 is 15.3 Å². The Bertz CT molecular complexity index is 2320. The van der Waals surface area contributed by atoms with Crippen molar-refractivity contribution in [2.24, 2.45) is 0 Å². The fraction of sp³-hybridized carbons (Fsp3) is 0.182. The second-order valence-electron chi connectivity index (χ2n) is 13.7. The number of para-hydroxylation sites is 3. The number of aromatic amines is 2. The quantitative estimate of drug-likeness (QED) is 0.0971. The number of nitro groups is 1. The van der Waals surface area contributed by atoms with Gasteiger partial charge in [-0.25, -0.2) is 0 Å². The van der Waals surface area contributed by atoms with Gasteiger partial charge in [-0.3, -0.25) is 24.6 Å². The summed E-state index contributed by atoms with van der Waals surface area (Å²) < 4.78 is 0. The minimum atomic E-state index is -1.07. The number of non-ortho nitro benzene ring substituents is 1. The zero-order chi connectivity index (χ0) is 36.3. The van der Waals surface area contributed by atoms with Gasteiger partial charge in [0.1, 0.15) is 6.04 Å². The molecule has 1 atom stereocenters. The number of nitrogens with one attached hydrogen (secondary N) is 3. The topological polar surface area (TPSA) is 124 Å². The lowest BCUT2D eigenvalue weighted by Gasteiger charge is -2.33. The molecule has 1 aliphatic rings. The lowest BCUT2D eigenvalue weighted by atomic mass is 9.84. The molecule has 9 heteroatoms. The van der Waals surface area contributed by atoms with Gasteiger partial charge in [0, 0.05) is 69.5 Å². The van der Waals surface area contributed by atoms with Crippen molar-refractivity contribution in [2.45, 2.75) is 50.1 Å². The van der Waals surface area contributed by atoms with Crippen LogP contribution in [0.4, 0.5) is 11.4 Å². The van der Waals surface area contributed by atoms with Crippen LogP contribution < -0.4 is 10.2 Å². The van der Waals surface area contributed by atoms with E-state index in [4.69, 9.17) is 0 Å². The Kier molecular flexibility index (Phi) is 9.29. The maximum absolute atomic E-state index is 14.8. The first-order valence-electron chi connectivity index (χ1n) is 18.1. The molecule has 0 bridgehead atoms. The Hall–Kier alpha value is -6.48. The van der Waals surface area contributed by atoms with E-state index in [0.717, 1.165) is 70.6 Å². The molecule has 2 amide bonds. The third-order valence-electron chi connectivity index (χ3n) is 10.5. The van der Waals surface area contributed by atoms with Gasteiger partial charge in [0.2, 0.25) is 5.91 Å². The number of anilines is 1. The first-order chi connectivity index (χ1) is 26.0. The number of benzene rings is 5. The van der Waals surface area contributed by atoms with E-state index in [9.17, 15) is 19.7 Å². The highest BCUT2D eigenvalue weighted by Gasteiger charge is 2.35. The van der Waals surface area contributed by atoms with E-state index in [-0.39, 0.29) is 29.5 Å². The Labute approximate surface area is 306 Å². The van der Waals surface area contributed by atoms with Crippen LogP contribution in [0.15, 0.2) is 140 Å². The van der Waals surface area contributed by atoms with Gasteiger partial charge in [-0.1, -0.05) is 86.0 Å². The molecule has 2 aromatic heterocycles. The van der Waals surface area contributed by atoms with Gasteiger partial charge in [0.15, 0.2) is 0 Å². The standard InChI is InChI=1S/C44H39N5O4/c50-43(47-32-11-3-1-4-12-32)42(30-23-25-34(26-24-30)49(52)53)48(33-13-5-2-6-14-33)44(51)31-21-19-29(20-22-31)41(37-27-45-39-17-9-7-15-35(37)39)38-28-46-40-18-10-8-16-36(38)40/h2,5-10,13-28,32,41-42,45-46H,1,3-4,11-12H2,(H,47,50). The molecular formula is C44H39N5O4. The Balaban J connectivity index is 1.21. The van der Waals surface area contributed by atoms with Gasteiger partial charge in [-0.15, -0.1) is 0 Å². The molecule has 0 aliphatic heterocycles. The first kappa shape index (κ1) is 33.7. The summed E-state index contributed by atoms with van der Waals surface area (Å²) >= 11 is 0. The average Bonchev–Trinajstić information content (AvgIpc) is 3.83. The Morgan fingerprint density at radius 2 is 1.23 bits per heavy atom. The molecule has 1 fully saturated rings. The van der Waals surface area contributed by atoms with Crippen LogP contribution in [0.2, 0.25) is 0 Å². The fourth-order valence-corrected chi connectivity index (χ4v) is 7.84. The van der Waals surface area contributed by atoms with Crippen LogP contribution in [0.5, 0.6) is 0 Å². The van der Waals surface area contributed by atoms with E-state index in [1.54, 1.807) is 12.1 Å². The molecule has 9 nitrogen and oxygen atoms in total. The average molecular weight is 702 g/mol. The predicted molar refractivity (Wildman–Crippen MR) is 208 cm³/mol. The van der Waals surface area contributed by atoms with Crippen LogP contribution in [-0.2, 0) is 4.79 Å². The highest BCUT2D eigenvalue weighted by Crippen LogP contribution is 2.40. The summed E-state index contributed by atoms with van der Waals surface area (Å²) in [5, 5.41) is 17.0. The molecule has 7 aromatic rings. The van der Waals surface area contributed by atoms with E-state index in [2.05, 4.69) is 51.9 Å². The number of carbonyl (C=O) groups is 2. The van der Waals surface area contributed by atoms with Crippen molar-refractivity contribution in [3.05, 3.63) is 178 Å². The van der Waals surface area contributed by atoms with Crippen molar-refractivity contribution in [3.63, 3.8) is 0 Å². The molecule has 1 unspecified atom stereocenters. The molecule has 0 saturated heterocycles. The largest absolute Gasteiger partial charge is 0.361 e. The van der Waals surface area contributed by atoms with E-state index in [1.807, 2.05) is 78.9 Å². The van der Waals surface area contributed by atoms with Gasteiger partial charge in [-0.05, 0) is 83.6 Å². The molecule has 2 heterocycles. The maximum atomic E-state index is 14.8. The molecule has 1 aliphatic carbocycles. The molecule has 1 saturated carbocycles. The van der Waals surface area contributed by atoms with Crippen LogP contribution in [-0.4, -0.2) is 32.7 Å². The number of nitrogens with zero attached hydrogens (tertiary/aromatic N) is 2. The van der Waals surface area contributed by atoms with Crippen molar-refractivity contribution in [1.29, 1.82) is 0 Å². The summed E-state index contributed by atoms with van der Waals surface area (Å²) in [5.74, 6) is -0.829. The second kappa shape index (κ2) is 14.6. The number of H-pyrrole nitrogens is 2. The van der Waals surface area contributed by atoms with Crippen LogP contribution in [0, 0.1) is 10.1 Å². The molecule has 8 rings (SSSR count). The zero-order valence-corrected chi connectivity index (χ0v) is 29.1. The molecular weight excluding hydrogens is 663 g/mol. The van der Waals surface area contributed by atoms with Gasteiger partial charge in [0.05, 0.1) is 4.92 Å². The minimum Gasteiger partial charge on any atom is -0.361 e. The fourth-order valence-electron chi connectivity index (χ4n) is 7.84. The lowest BCUT2D eigenvalue weighted by Crippen LogP contribution is -2.47. The summed E-state index contributed by atoms with van der Waals surface area (Å²) in [5.41, 5.74) is 6.67. The number of hydrogen-bond donors (Lipinski definition) is 3. The van der Waals surface area contributed by atoms with Crippen molar-refractivity contribution < 1.29 is 14.5 Å². The summed E-state index contributed by atoms with van der Waals surface area (Å²) in [6.07, 6.45) is 9.04. The summed E-state index contributed by atoms with van der Waals surface area (Å²) in [7, 11) is 0. The monoisotopic (exact) mass is 701 g/mol. The summed E-state index contributed by atoms with van der Waals surface area (Å²) in [6.45, 7) is 0. The maximum Gasteiger partial charge on any atom is 0.269 e. The normalized spacial score (nSPS) is 14.0. The Morgan fingerprint density at radius 1 is 0.679 bits per heavy atom. The third kappa shape index (κ3) is 6.69. The highest BCUT2D eigenvalue weighted by atomic mass is 16.6. The number of aromatic nitrogens is 2. The SMILES string of the molecule is O=C(NC1CCCCC1)C(c1ccc([N+](=O)[O-])cc1)N(C(=O)c1ccc(C(c2c[nH]c3ccccc23)c2c[nH]c3ccccc23)cc1)c1ccccc1. The predicted octanol–water partition coefficient (Wildman–Crippen LogP) is 9.57. The number of rotatable bonds is 10. The lowest BCUT2D eigenvalue weighted by molar-refractivity contribution is -0.384. The number of nitro benzene ring substituents is 1. The van der Waals surface area contributed by atoms with Crippen molar-refractivity contribution in [1.82, 2.24) is 15.3 Å². The van der Waals surface area contributed by atoms with E-state index in [1.165, 1.54) is 17.0 Å². The highest BCUT2D eigenvalue weighted by molar-refractivity contribution is 6.10. The molecule has 5 aromatic carbocycles. The minimum absolute atomic E-state index is 0.00485. The van der Waals surface area contributed by atoms with Gasteiger partial charge in [0.25, 0.3) is 11.6 Å². The van der Waals surface area contributed by atoms with Crippen molar-refractivity contribution in [3.8, 4) is 0 Å². The number of carbonyl (C=O) groups excluding carboxylic acids is 2. The van der Waals surface area contributed by atoms with E-state index in [0.29, 0.717) is 16.8 Å².